The third-order valence-electron chi connectivity index (χ3n) is 2.35. The van der Waals surface area contributed by atoms with Gasteiger partial charge in [-0.2, -0.15) is 0 Å². The lowest BCUT2D eigenvalue weighted by atomic mass is 10.0. The van der Waals surface area contributed by atoms with Gasteiger partial charge in [0, 0.05) is 0 Å². The van der Waals surface area contributed by atoms with Crippen molar-refractivity contribution in [3.63, 3.8) is 0 Å². The van der Waals surface area contributed by atoms with E-state index in [4.69, 9.17) is 9.84 Å². The molecule has 0 saturated heterocycles. The van der Waals surface area contributed by atoms with Gasteiger partial charge in [0.1, 0.15) is 18.0 Å². The van der Waals surface area contributed by atoms with E-state index in [0.717, 1.165) is 0 Å². The summed E-state index contributed by atoms with van der Waals surface area (Å²) in [4.78, 5) is 10.8. The van der Waals surface area contributed by atoms with E-state index in [1.807, 2.05) is 0 Å². The zero-order valence-electron chi connectivity index (χ0n) is 9.54. The van der Waals surface area contributed by atoms with Gasteiger partial charge < -0.3 is 20.1 Å². The Labute approximate surface area is 99.3 Å². The Morgan fingerprint density at radius 3 is 2.65 bits per heavy atom. The number of ether oxygens (including phenoxy) is 1. The minimum atomic E-state index is -1.27. The van der Waals surface area contributed by atoms with Crippen molar-refractivity contribution in [3.8, 4) is 5.75 Å². The molecule has 0 heterocycles. The molecule has 1 aromatic carbocycles. The summed E-state index contributed by atoms with van der Waals surface area (Å²) in [5, 5.41) is 27.7. The third kappa shape index (κ3) is 3.26. The van der Waals surface area contributed by atoms with Crippen LogP contribution in [0, 0.1) is 0 Å². The van der Waals surface area contributed by atoms with Gasteiger partial charge in [0.15, 0.2) is 6.29 Å². The first-order valence-electron chi connectivity index (χ1n) is 5.33. The lowest BCUT2D eigenvalue weighted by Gasteiger charge is -2.17. The van der Waals surface area contributed by atoms with E-state index in [2.05, 4.69) is 0 Å². The average molecular weight is 240 g/mol. The Hall–Kier alpha value is -1.43. The Morgan fingerprint density at radius 2 is 2.12 bits per heavy atom. The molecular weight excluding hydrogens is 224 g/mol. The minimum Gasteiger partial charge on any atom is -0.493 e. The van der Waals surface area contributed by atoms with Crippen molar-refractivity contribution in [3.05, 3.63) is 29.3 Å². The van der Waals surface area contributed by atoms with Crippen molar-refractivity contribution < 1.29 is 24.9 Å². The molecule has 0 aliphatic carbocycles. The van der Waals surface area contributed by atoms with Crippen LogP contribution >= 0.6 is 0 Å². The molecule has 0 fully saturated rings. The van der Waals surface area contributed by atoms with Gasteiger partial charge in [-0.1, -0.05) is 6.07 Å². The topological polar surface area (TPSA) is 87.0 Å². The Balaban J connectivity index is 3.00. The predicted molar refractivity (Wildman–Crippen MR) is 61.1 cm³/mol. The molecule has 2 atom stereocenters. The number of rotatable bonds is 6. The predicted octanol–water partition coefficient (Wildman–Crippen LogP) is 0.284. The van der Waals surface area contributed by atoms with Gasteiger partial charge in [0.05, 0.1) is 18.8 Å². The van der Waals surface area contributed by atoms with Crippen LogP contribution < -0.4 is 4.74 Å². The van der Waals surface area contributed by atoms with Gasteiger partial charge in [-0.05, 0) is 24.6 Å². The molecule has 0 bridgehead atoms. The minimum absolute atomic E-state index is 0.300. The molecule has 0 amide bonds. The molecule has 1 aromatic rings. The van der Waals surface area contributed by atoms with E-state index < -0.39 is 18.8 Å². The summed E-state index contributed by atoms with van der Waals surface area (Å²) in [7, 11) is 0. The largest absolute Gasteiger partial charge is 0.493 e. The van der Waals surface area contributed by atoms with Gasteiger partial charge in [0.25, 0.3) is 0 Å². The van der Waals surface area contributed by atoms with Crippen molar-refractivity contribution in [2.24, 2.45) is 0 Å². The van der Waals surface area contributed by atoms with Crippen LogP contribution in [0.2, 0.25) is 0 Å². The molecule has 3 N–H and O–H groups in total. The summed E-state index contributed by atoms with van der Waals surface area (Å²) < 4.78 is 5.22. The van der Waals surface area contributed by atoms with Crippen LogP contribution in [-0.2, 0) is 0 Å². The monoisotopic (exact) mass is 240 g/mol. The molecule has 0 aliphatic heterocycles. The summed E-state index contributed by atoms with van der Waals surface area (Å²) in [5.41, 5.74) is 0.658. The van der Waals surface area contributed by atoms with Crippen LogP contribution in [0.5, 0.6) is 5.75 Å². The number of carbonyl (C=O) groups is 1. The first-order chi connectivity index (χ1) is 8.13. The number of hydrogen-bond acceptors (Lipinski definition) is 5. The normalized spacial score (nSPS) is 14.1. The van der Waals surface area contributed by atoms with E-state index in [1.54, 1.807) is 19.1 Å². The number of benzene rings is 1. The SMILES string of the molecule is CCOc1ccc(C(O)C(O)CO)cc1C=O. The van der Waals surface area contributed by atoms with Crippen LogP contribution in [-0.4, -0.2) is 40.9 Å². The van der Waals surface area contributed by atoms with E-state index >= 15 is 0 Å². The highest BCUT2D eigenvalue weighted by Crippen LogP contribution is 2.24. The van der Waals surface area contributed by atoms with Crippen molar-refractivity contribution in [2.45, 2.75) is 19.1 Å². The molecular formula is C12H16O5. The Bertz CT molecular complexity index is 377. The van der Waals surface area contributed by atoms with Crippen molar-refractivity contribution in [1.82, 2.24) is 0 Å². The van der Waals surface area contributed by atoms with Gasteiger partial charge in [-0.25, -0.2) is 0 Å². The van der Waals surface area contributed by atoms with Gasteiger partial charge in [-0.3, -0.25) is 4.79 Å². The summed E-state index contributed by atoms with van der Waals surface area (Å²) in [6, 6.07) is 4.53. The second kappa shape index (κ2) is 6.34. The third-order valence-corrected chi connectivity index (χ3v) is 2.35. The van der Waals surface area contributed by atoms with Crippen molar-refractivity contribution in [1.29, 1.82) is 0 Å². The molecule has 0 spiro atoms. The number of aliphatic hydroxyl groups excluding tert-OH is 3. The lowest BCUT2D eigenvalue weighted by Crippen LogP contribution is -2.22. The molecule has 17 heavy (non-hydrogen) atoms. The highest BCUT2D eigenvalue weighted by Gasteiger charge is 2.18. The fraction of sp³-hybridized carbons (Fsp3) is 0.417. The molecule has 1 rings (SSSR count). The Kier molecular flexibility index (Phi) is 5.09. The van der Waals surface area contributed by atoms with Crippen LogP contribution in [0.25, 0.3) is 0 Å². The zero-order valence-corrected chi connectivity index (χ0v) is 9.54. The highest BCUT2D eigenvalue weighted by molar-refractivity contribution is 5.79. The summed E-state index contributed by atoms with van der Waals surface area (Å²) in [6.07, 6.45) is -1.88. The summed E-state index contributed by atoms with van der Waals surface area (Å²) in [6.45, 7) is 1.68. The second-order valence-corrected chi connectivity index (χ2v) is 3.54. The number of hydrogen-bond donors (Lipinski definition) is 3. The lowest BCUT2D eigenvalue weighted by molar-refractivity contribution is -0.0152. The molecule has 5 heteroatoms. The van der Waals surface area contributed by atoms with E-state index in [9.17, 15) is 15.0 Å². The zero-order chi connectivity index (χ0) is 12.8. The number of aldehydes is 1. The molecule has 0 saturated carbocycles. The van der Waals surface area contributed by atoms with Crippen LogP contribution in [0.1, 0.15) is 28.9 Å². The maximum atomic E-state index is 10.8. The van der Waals surface area contributed by atoms with E-state index in [1.165, 1.54) is 6.07 Å². The molecule has 2 unspecified atom stereocenters. The number of aliphatic hydroxyl groups is 3. The fourth-order valence-corrected chi connectivity index (χ4v) is 1.45. The maximum absolute atomic E-state index is 10.8. The molecule has 0 aliphatic rings. The van der Waals surface area contributed by atoms with Crippen molar-refractivity contribution >= 4 is 6.29 Å². The van der Waals surface area contributed by atoms with Crippen LogP contribution in [0.4, 0.5) is 0 Å². The first kappa shape index (κ1) is 13.6. The summed E-state index contributed by atoms with van der Waals surface area (Å²) in [5.74, 6) is 0.428. The first-order valence-corrected chi connectivity index (χ1v) is 5.33. The number of carbonyl (C=O) groups excluding carboxylic acids is 1. The van der Waals surface area contributed by atoms with E-state index in [0.29, 0.717) is 29.8 Å². The van der Waals surface area contributed by atoms with Crippen LogP contribution in [0.15, 0.2) is 18.2 Å². The van der Waals surface area contributed by atoms with Crippen LogP contribution in [0.3, 0.4) is 0 Å². The second-order valence-electron chi connectivity index (χ2n) is 3.54. The van der Waals surface area contributed by atoms with Gasteiger partial charge in [0.2, 0.25) is 0 Å². The quantitative estimate of drug-likeness (QED) is 0.622. The van der Waals surface area contributed by atoms with Gasteiger partial charge >= 0.3 is 0 Å². The smallest absolute Gasteiger partial charge is 0.153 e. The van der Waals surface area contributed by atoms with Gasteiger partial charge in [-0.15, -0.1) is 0 Å². The average Bonchev–Trinajstić information content (AvgIpc) is 2.37. The van der Waals surface area contributed by atoms with Crippen molar-refractivity contribution in [2.75, 3.05) is 13.2 Å². The molecule has 94 valence electrons. The summed E-state index contributed by atoms with van der Waals surface area (Å²) >= 11 is 0. The highest BCUT2D eigenvalue weighted by atomic mass is 16.5. The molecule has 5 nitrogen and oxygen atoms in total. The molecule has 0 radical (unpaired) electrons. The molecule has 0 aromatic heterocycles. The standard InChI is InChI=1S/C12H16O5/c1-2-17-11-4-3-8(5-9(11)6-13)12(16)10(15)7-14/h3-6,10,12,14-16H,2,7H2,1H3. The Morgan fingerprint density at radius 1 is 1.41 bits per heavy atom. The fourth-order valence-electron chi connectivity index (χ4n) is 1.45. The van der Waals surface area contributed by atoms with E-state index in [-0.39, 0.29) is 0 Å². The maximum Gasteiger partial charge on any atom is 0.153 e.